The summed E-state index contributed by atoms with van der Waals surface area (Å²) < 4.78 is 37.8. The van der Waals surface area contributed by atoms with Crippen molar-refractivity contribution in [2.24, 2.45) is 0 Å². The standard InChI is InChI=1S/C23H40O19/c1-5-9(26)12(29)16(33)22(37-5)42-19-17(34)18(7(3-25)38-20(19)35)41-23-14(31)11(28)8(40-23)4-36-21-15(32)13(30)10(27)6(2-24)39-21/h5-35H,2-4H2,1H3/t5-,6+,7+,8-,9-,10+,11-,12+,13-,14+,15+,16+,17-,18+,19+,20?,21+,22-,23-/m0/s1. The second-order valence-corrected chi connectivity index (χ2v) is 10.7. The van der Waals surface area contributed by atoms with E-state index in [0.717, 1.165) is 0 Å². The van der Waals surface area contributed by atoms with Gasteiger partial charge in [-0.3, -0.25) is 0 Å². The summed E-state index contributed by atoms with van der Waals surface area (Å²) in [6.07, 6.45) is -30.3. The van der Waals surface area contributed by atoms with Crippen LogP contribution >= 0.6 is 0 Å². The first-order valence-corrected chi connectivity index (χ1v) is 13.4. The van der Waals surface area contributed by atoms with E-state index in [2.05, 4.69) is 0 Å². The molecule has 4 rings (SSSR count). The lowest BCUT2D eigenvalue weighted by Crippen LogP contribution is -2.64. The lowest BCUT2D eigenvalue weighted by atomic mass is 9.97. The Labute approximate surface area is 238 Å². The minimum Gasteiger partial charge on any atom is -0.394 e. The monoisotopic (exact) mass is 620 g/mol. The second-order valence-electron chi connectivity index (χ2n) is 10.7. The van der Waals surface area contributed by atoms with Gasteiger partial charge in [-0.15, -0.1) is 0 Å². The first-order valence-electron chi connectivity index (χ1n) is 13.4. The van der Waals surface area contributed by atoms with Gasteiger partial charge in [0.15, 0.2) is 25.2 Å². The first kappa shape index (κ1) is 34.1. The van der Waals surface area contributed by atoms with Crippen molar-refractivity contribution in [2.45, 2.75) is 124 Å². The van der Waals surface area contributed by atoms with E-state index in [-0.39, 0.29) is 0 Å². The fraction of sp³-hybridized carbons (Fsp3) is 1.00. The molecule has 1 unspecified atom stereocenters. The van der Waals surface area contributed by atoms with E-state index in [1.165, 1.54) is 6.92 Å². The van der Waals surface area contributed by atoms with Gasteiger partial charge in [-0.25, -0.2) is 0 Å². The average molecular weight is 621 g/mol. The summed E-state index contributed by atoms with van der Waals surface area (Å²) in [7, 11) is 0. The van der Waals surface area contributed by atoms with Crippen LogP contribution in [0.5, 0.6) is 0 Å². The zero-order valence-corrected chi connectivity index (χ0v) is 22.3. The zero-order chi connectivity index (χ0) is 31.0. The molecule has 42 heavy (non-hydrogen) atoms. The number of ether oxygens (including phenoxy) is 7. The van der Waals surface area contributed by atoms with E-state index in [9.17, 15) is 61.3 Å². The molecule has 0 aromatic heterocycles. The van der Waals surface area contributed by atoms with Crippen molar-refractivity contribution >= 4 is 0 Å². The Kier molecular flexibility index (Phi) is 11.5. The Morgan fingerprint density at radius 1 is 0.476 bits per heavy atom. The Morgan fingerprint density at radius 2 is 0.976 bits per heavy atom. The molecule has 4 fully saturated rings. The van der Waals surface area contributed by atoms with Crippen LogP contribution in [0.25, 0.3) is 0 Å². The highest BCUT2D eigenvalue weighted by molar-refractivity contribution is 4.96. The van der Waals surface area contributed by atoms with Gasteiger partial charge in [0.1, 0.15) is 85.5 Å². The summed E-state index contributed by atoms with van der Waals surface area (Å²) >= 11 is 0. The van der Waals surface area contributed by atoms with Crippen molar-refractivity contribution in [3.8, 4) is 0 Å². The van der Waals surface area contributed by atoms with Crippen molar-refractivity contribution in [1.82, 2.24) is 0 Å². The summed E-state index contributed by atoms with van der Waals surface area (Å²) in [5.41, 5.74) is 0. The third-order valence-electron chi connectivity index (χ3n) is 7.80. The SMILES string of the molecule is C[C@@H]1O[C@@H](O[C@H]2C(O)O[C@H](CO)[C@@H](O[C@@H]3O[C@@H](CO[C@@H]4O[C@H](CO)[C@@H](O)[C@H](O)[C@H]4O)[C@H](O)[C@H]3O)[C@@H]2O)[C@H](O)[C@H](O)[C@H]1O. The van der Waals surface area contributed by atoms with Crippen LogP contribution in [0, 0.1) is 0 Å². The summed E-state index contributed by atoms with van der Waals surface area (Å²) in [4.78, 5) is 0. The van der Waals surface area contributed by atoms with Crippen molar-refractivity contribution in [3.63, 3.8) is 0 Å². The van der Waals surface area contributed by atoms with E-state index in [0.29, 0.717) is 0 Å². The molecule has 19 atom stereocenters. The third kappa shape index (κ3) is 6.74. The minimum atomic E-state index is -1.90. The Bertz CT molecular complexity index is 853. The molecular weight excluding hydrogens is 580 g/mol. The topological polar surface area (TPSA) is 307 Å². The van der Waals surface area contributed by atoms with Crippen LogP contribution in [-0.2, 0) is 33.2 Å². The summed E-state index contributed by atoms with van der Waals surface area (Å²) in [5, 5.41) is 122. The van der Waals surface area contributed by atoms with Gasteiger partial charge in [0.25, 0.3) is 0 Å². The van der Waals surface area contributed by atoms with Gasteiger partial charge < -0.3 is 94.4 Å². The van der Waals surface area contributed by atoms with Gasteiger partial charge in [-0.1, -0.05) is 0 Å². The number of rotatable bonds is 9. The fourth-order valence-electron chi connectivity index (χ4n) is 5.17. The number of aliphatic hydroxyl groups excluding tert-OH is 12. The van der Waals surface area contributed by atoms with Gasteiger partial charge in [0, 0.05) is 0 Å². The summed E-state index contributed by atoms with van der Waals surface area (Å²) in [5.74, 6) is 0. The van der Waals surface area contributed by atoms with Crippen LogP contribution in [0.2, 0.25) is 0 Å². The van der Waals surface area contributed by atoms with E-state index in [1.807, 2.05) is 0 Å². The van der Waals surface area contributed by atoms with Crippen LogP contribution < -0.4 is 0 Å². The molecule has 4 heterocycles. The third-order valence-corrected chi connectivity index (χ3v) is 7.80. The molecule has 0 spiro atoms. The van der Waals surface area contributed by atoms with E-state index >= 15 is 0 Å². The molecule has 19 nitrogen and oxygen atoms in total. The fourth-order valence-corrected chi connectivity index (χ4v) is 5.17. The molecule has 0 saturated carbocycles. The van der Waals surface area contributed by atoms with Crippen LogP contribution in [0.15, 0.2) is 0 Å². The zero-order valence-electron chi connectivity index (χ0n) is 22.3. The van der Waals surface area contributed by atoms with E-state index < -0.39 is 137 Å². The Hall–Kier alpha value is -0.760. The molecule has 19 heteroatoms. The molecule has 4 aliphatic rings. The molecule has 4 saturated heterocycles. The van der Waals surface area contributed by atoms with Crippen molar-refractivity contribution < 1.29 is 94.4 Å². The maximum atomic E-state index is 11.0. The quantitative estimate of drug-likeness (QED) is 0.114. The van der Waals surface area contributed by atoms with Gasteiger partial charge in [0.05, 0.1) is 25.9 Å². The normalized spacial score (nSPS) is 53.8. The van der Waals surface area contributed by atoms with Crippen molar-refractivity contribution in [3.05, 3.63) is 0 Å². The molecule has 0 radical (unpaired) electrons. The van der Waals surface area contributed by atoms with Crippen LogP contribution in [0.3, 0.4) is 0 Å². The lowest BCUT2D eigenvalue weighted by molar-refractivity contribution is -0.370. The maximum Gasteiger partial charge on any atom is 0.187 e. The second kappa shape index (κ2) is 14.1. The molecule has 0 bridgehead atoms. The average Bonchev–Trinajstić information content (AvgIpc) is 3.24. The van der Waals surface area contributed by atoms with Crippen molar-refractivity contribution in [1.29, 1.82) is 0 Å². The Balaban J connectivity index is 1.39. The molecule has 246 valence electrons. The molecule has 12 N–H and O–H groups in total. The molecule has 0 aliphatic carbocycles. The largest absolute Gasteiger partial charge is 0.394 e. The van der Waals surface area contributed by atoms with Crippen LogP contribution in [0.1, 0.15) is 6.92 Å². The predicted molar refractivity (Wildman–Crippen MR) is 126 cm³/mol. The van der Waals surface area contributed by atoms with E-state index in [1.54, 1.807) is 0 Å². The highest BCUT2D eigenvalue weighted by Crippen LogP contribution is 2.33. The maximum absolute atomic E-state index is 11.0. The summed E-state index contributed by atoms with van der Waals surface area (Å²) in [6.45, 7) is -0.671. The molecule has 4 aliphatic heterocycles. The van der Waals surface area contributed by atoms with E-state index in [4.69, 9.17) is 33.2 Å². The van der Waals surface area contributed by atoms with Gasteiger partial charge >= 0.3 is 0 Å². The number of hydrogen-bond acceptors (Lipinski definition) is 19. The number of aliphatic hydroxyl groups is 12. The number of hydrogen-bond donors (Lipinski definition) is 12. The van der Waals surface area contributed by atoms with Gasteiger partial charge in [-0.2, -0.15) is 0 Å². The molecule has 0 amide bonds. The van der Waals surface area contributed by atoms with Crippen LogP contribution in [0.4, 0.5) is 0 Å². The predicted octanol–water partition coefficient (Wildman–Crippen LogP) is -8.08. The molecule has 0 aromatic rings. The van der Waals surface area contributed by atoms with Crippen molar-refractivity contribution in [2.75, 3.05) is 19.8 Å². The highest BCUT2D eigenvalue weighted by Gasteiger charge is 2.53. The van der Waals surface area contributed by atoms with Gasteiger partial charge in [0.2, 0.25) is 0 Å². The lowest BCUT2D eigenvalue weighted by Gasteiger charge is -2.46. The van der Waals surface area contributed by atoms with Gasteiger partial charge in [-0.05, 0) is 6.92 Å². The molecular formula is C23H40O19. The summed E-state index contributed by atoms with van der Waals surface area (Å²) in [6, 6.07) is 0. The first-order chi connectivity index (χ1) is 19.8. The molecule has 0 aromatic carbocycles. The smallest absolute Gasteiger partial charge is 0.187 e. The van der Waals surface area contributed by atoms with Crippen LogP contribution in [-0.4, -0.2) is 198 Å². The Morgan fingerprint density at radius 3 is 1.62 bits per heavy atom. The minimum absolute atomic E-state index is 0.554. The highest BCUT2D eigenvalue weighted by atomic mass is 16.8.